The van der Waals surface area contributed by atoms with Gasteiger partial charge < -0.3 is 5.11 Å². The van der Waals surface area contributed by atoms with Gasteiger partial charge in [0, 0.05) is 21.6 Å². The highest BCUT2D eigenvalue weighted by Crippen LogP contribution is 2.31. The lowest BCUT2D eigenvalue weighted by molar-refractivity contribution is -0.135. The van der Waals surface area contributed by atoms with Crippen LogP contribution in [-0.2, 0) is 14.8 Å². The van der Waals surface area contributed by atoms with E-state index >= 15 is 0 Å². The smallest absolute Gasteiger partial charge is 0.319 e. The Morgan fingerprint density at radius 2 is 1.76 bits per heavy atom. The van der Waals surface area contributed by atoms with Gasteiger partial charge in [0.05, 0.1) is 21.8 Å². The number of halogens is 2. The molecular formula is C22H19Cl2N5O4S. The summed E-state index contributed by atoms with van der Waals surface area (Å²) in [6, 6.07) is 12.5. The number of hydrogen-bond donors (Lipinski definition) is 2. The van der Waals surface area contributed by atoms with Crippen LogP contribution in [0.5, 0.6) is 0 Å². The second kappa shape index (κ2) is 9.22. The fourth-order valence-corrected chi connectivity index (χ4v) is 5.50. The number of hydrogen-bond acceptors (Lipinski definition) is 6. The molecule has 0 aliphatic carbocycles. The van der Waals surface area contributed by atoms with Gasteiger partial charge in [-0.15, -0.1) is 5.10 Å². The van der Waals surface area contributed by atoms with Crippen LogP contribution in [0.15, 0.2) is 59.6 Å². The highest BCUT2D eigenvalue weighted by molar-refractivity contribution is 7.92. The van der Waals surface area contributed by atoms with Crippen molar-refractivity contribution < 1.29 is 18.3 Å². The van der Waals surface area contributed by atoms with Crippen molar-refractivity contribution in [2.75, 3.05) is 11.0 Å². The van der Waals surface area contributed by atoms with Gasteiger partial charge in [0.15, 0.2) is 5.82 Å². The lowest BCUT2D eigenvalue weighted by atomic mass is 10.2. The number of sulfonamides is 1. The summed E-state index contributed by atoms with van der Waals surface area (Å²) in [4.78, 5) is 11.0. The minimum absolute atomic E-state index is 0.131. The maximum atomic E-state index is 13.5. The molecule has 2 N–H and O–H groups in total. The molecule has 0 radical (unpaired) electrons. The molecule has 2 heterocycles. The van der Waals surface area contributed by atoms with Crippen LogP contribution < -0.4 is 9.84 Å². The van der Waals surface area contributed by atoms with Gasteiger partial charge >= 0.3 is 5.97 Å². The van der Waals surface area contributed by atoms with E-state index in [9.17, 15) is 13.2 Å². The first-order valence-electron chi connectivity index (χ1n) is 9.95. The van der Waals surface area contributed by atoms with Crippen LogP contribution in [0.25, 0.3) is 16.7 Å². The van der Waals surface area contributed by atoms with Crippen LogP contribution in [0.4, 0.5) is 5.69 Å². The van der Waals surface area contributed by atoms with E-state index in [1.165, 1.54) is 18.2 Å². The second-order valence-electron chi connectivity index (χ2n) is 7.52. The predicted octanol–water partition coefficient (Wildman–Crippen LogP) is 4.13. The third kappa shape index (κ3) is 4.71. The van der Waals surface area contributed by atoms with Gasteiger partial charge in [0.25, 0.3) is 10.0 Å². The van der Waals surface area contributed by atoms with Crippen molar-refractivity contribution >= 4 is 55.8 Å². The minimum atomic E-state index is -4.27. The molecule has 176 valence electrons. The highest BCUT2D eigenvalue weighted by Gasteiger charge is 2.27. The number of hydrazine groups is 1. The molecule has 2 aromatic carbocycles. The van der Waals surface area contributed by atoms with Crippen molar-refractivity contribution in [2.24, 2.45) is 0 Å². The van der Waals surface area contributed by atoms with Gasteiger partial charge in [-0.05, 0) is 67.9 Å². The van der Waals surface area contributed by atoms with E-state index in [1.807, 2.05) is 36.7 Å². The Labute approximate surface area is 205 Å². The zero-order valence-electron chi connectivity index (χ0n) is 18.0. The fraction of sp³-hybridized carbons (Fsp3) is 0.136. The monoisotopic (exact) mass is 519 g/mol. The number of rotatable bonds is 7. The molecule has 0 fully saturated rings. The maximum Gasteiger partial charge on any atom is 0.319 e. The summed E-state index contributed by atoms with van der Waals surface area (Å²) in [5.74, 6) is -0.621. The Hall–Kier alpha value is -3.18. The number of aliphatic carboxylic acids is 1. The van der Waals surface area contributed by atoms with E-state index in [-0.39, 0.29) is 20.6 Å². The molecule has 0 bridgehead atoms. The van der Waals surface area contributed by atoms with Crippen LogP contribution >= 0.6 is 23.2 Å². The standard InChI is InChI=1S/C22H19Cl2N5O4S/c1-13-12-28(21-6-3-14(2)26-27-21)20-5-4-17(10-19(13)20)29(25-11-22(30)31)34(32,33)18-8-15(23)7-16(24)9-18/h3-10,12,25H,11H2,1-2H3,(H,30,31). The second-order valence-corrected chi connectivity index (χ2v) is 10.2. The SMILES string of the molecule is Cc1ccc(-n2cc(C)c3cc(N(NCC(=O)O)S(=O)(=O)c4cc(Cl)cc(Cl)c4)ccc32)nn1. The quantitative estimate of drug-likeness (QED) is 0.352. The molecule has 4 rings (SSSR count). The number of aryl methyl sites for hydroxylation is 2. The molecule has 0 aliphatic rings. The van der Waals surface area contributed by atoms with Crippen molar-refractivity contribution in [3.8, 4) is 5.82 Å². The third-order valence-electron chi connectivity index (χ3n) is 5.00. The summed E-state index contributed by atoms with van der Waals surface area (Å²) in [6.07, 6.45) is 1.87. The Morgan fingerprint density at radius 1 is 1.06 bits per heavy atom. The van der Waals surface area contributed by atoms with Gasteiger partial charge in [0.1, 0.15) is 6.54 Å². The van der Waals surface area contributed by atoms with E-state index in [4.69, 9.17) is 28.3 Å². The molecule has 0 aliphatic heterocycles. The first kappa shape index (κ1) is 24.0. The van der Waals surface area contributed by atoms with E-state index in [2.05, 4.69) is 15.6 Å². The Kier molecular flexibility index (Phi) is 6.50. The molecule has 4 aromatic rings. The third-order valence-corrected chi connectivity index (χ3v) is 7.09. The van der Waals surface area contributed by atoms with Crippen molar-refractivity contribution in [3.05, 3.63) is 76.0 Å². The largest absolute Gasteiger partial charge is 0.480 e. The molecule has 34 heavy (non-hydrogen) atoms. The van der Waals surface area contributed by atoms with Crippen LogP contribution in [0.1, 0.15) is 11.3 Å². The maximum absolute atomic E-state index is 13.5. The van der Waals surface area contributed by atoms with Gasteiger partial charge in [-0.25, -0.2) is 5.43 Å². The summed E-state index contributed by atoms with van der Waals surface area (Å²) >= 11 is 12.0. The number of carbonyl (C=O) groups is 1. The highest BCUT2D eigenvalue weighted by atomic mass is 35.5. The Bertz CT molecular complexity index is 1480. The molecule has 2 aromatic heterocycles. The summed E-state index contributed by atoms with van der Waals surface area (Å²) in [6.45, 7) is 3.09. The van der Waals surface area contributed by atoms with Crippen molar-refractivity contribution in [1.82, 2.24) is 20.2 Å². The van der Waals surface area contributed by atoms with Crippen LogP contribution in [-0.4, -0.2) is 40.8 Å². The number of benzene rings is 2. The lowest BCUT2D eigenvalue weighted by Crippen LogP contribution is -2.45. The minimum Gasteiger partial charge on any atom is -0.480 e. The molecule has 0 unspecified atom stereocenters. The number of carboxylic acid groups (broad SMARTS) is 1. The fourth-order valence-electron chi connectivity index (χ4n) is 3.46. The molecule has 9 nitrogen and oxygen atoms in total. The first-order valence-corrected chi connectivity index (χ1v) is 12.1. The molecule has 0 saturated carbocycles. The van der Waals surface area contributed by atoms with Gasteiger partial charge in [-0.2, -0.15) is 17.9 Å². The Morgan fingerprint density at radius 3 is 2.38 bits per heavy atom. The molecule has 0 saturated heterocycles. The summed E-state index contributed by atoms with van der Waals surface area (Å²) in [5.41, 5.74) is 5.10. The number of fused-ring (bicyclic) bond motifs is 1. The van der Waals surface area contributed by atoms with E-state index in [1.54, 1.807) is 18.2 Å². The van der Waals surface area contributed by atoms with Crippen molar-refractivity contribution in [1.29, 1.82) is 0 Å². The molecule has 12 heteroatoms. The van der Waals surface area contributed by atoms with E-state index in [0.717, 1.165) is 26.6 Å². The van der Waals surface area contributed by atoms with Crippen molar-refractivity contribution in [3.63, 3.8) is 0 Å². The van der Waals surface area contributed by atoms with Gasteiger partial charge in [-0.3, -0.25) is 9.36 Å². The number of nitrogens with one attached hydrogen (secondary N) is 1. The summed E-state index contributed by atoms with van der Waals surface area (Å²) in [5, 5.41) is 18.5. The van der Waals surface area contributed by atoms with Crippen LogP contribution in [0.2, 0.25) is 10.0 Å². The molecule has 0 amide bonds. The predicted molar refractivity (Wildman–Crippen MR) is 130 cm³/mol. The molecule has 0 spiro atoms. The van der Waals surface area contributed by atoms with E-state index < -0.39 is 22.5 Å². The topological polar surface area (TPSA) is 117 Å². The van der Waals surface area contributed by atoms with Crippen molar-refractivity contribution in [2.45, 2.75) is 18.7 Å². The molecular weight excluding hydrogens is 501 g/mol. The lowest BCUT2D eigenvalue weighted by Gasteiger charge is -2.25. The average molecular weight is 520 g/mol. The number of carboxylic acids is 1. The average Bonchev–Trinajstić information content (AvgIpc) is 3.09. The van der Waals surface area contributed by atoms with E-state index in [0.29, 0.717) is 5.82 Å². The van der Waals surface area contributed by atoms with Gasteiger partial charge in [0.2, 0.25) is 0 Å². The number of nitrogens with zero attached hydrogens (tertiary/aromatic N) is 4. The number of aromatic nitrogens is 3. The zero-order valence-corrected chi connectivity index (χ0v) is 20.4. The zero-order chi connectivity index (χ0) is 24.6. The first-order chi connectivity index (χ1) is 16.1. The van der Waals surface area contributed by atoms with Gasteiger partial charge in [-0.1, -0.05) is 23.2 Å². The van der Waals surface area contributed by atoms with Crippen LogP contribution in [0.3, 0.4) is 0 Å². The number of anilines is 1. The molecule has 0 atom stereocenters. The summed E-state index contributed by atoms with van der Waals surface area (Å²) < 4.78 is 29.6. The Balaban J connectivity index is 1.84. The normalized spacial score (nSPS) is 11.6. The summed E-state index contributed by atoms with van der Waals surface area (Å²) in [7, 11) is -4.27. The van der Waals surface area contributed by atoms with Crippen LogP contribution in [0, 0.1) is 13.8 Å².